The van der Waals surface area contributed by atoms with Crippen molar-refractivity contribution in [2.45, 2.75) is 36.5 Å². The van der Waals surface area contributed by atoms with Gasteiger partial charge in [0.2, 0.25) is 5.69 Å². The van der Waals surface area contributed by atoms with Gasteiger partial charge in [0.25, 0.3) is 0 Å². The lowest BCUT2D eigenvalue weighted by molar-refractivity contribution is -0.401. The third-order valence-electron chi connectivity index (χ3n) is 11.3. The lowest BCUT2D eigenvalue weighted by Gasteiger charge is -2.34. The van der Waals surface area contributed by atoms with Crippen LogP contribution in [0.3, 0.4) is 0 Å². The fourth-order valence-electron chi connectivity index (χ4n) is 8.96. The molecule has 6 aromatic rings. The van der Waals surface area contributed by atoms with Gasteiger partial charge in [-0.3, -0.25) is 0 Å². The van der Waals surface area contributed by atoms with E-state index in [1.54, 1.807) is 0 Å². The summed E-state index contributed by atoms with van der Waals surface area (Å²) in [5.74, 6) is 0. The van der Waals surface area contributed by atoms with Crippen LogP contribution in [0.25, 0.3) is 0 Å². The average Bonchev–Trinajstić information content (AvgIpc) is 3.52. The van der Waals surface area contributed by atoms with Gasteiger partial charge in [0.1, 0.15) is 7.05 Å². The van der Waals surface area contributed by atoms with E-state index < -0.39 is 0 Å². The first kappa shape index (κ1) is 34.9. The Morgan fingerprint density at radius 1 is 0.547 bits per heavy atom. The maximum Gasteiger partial charge on any atom is 0.209 e. The van der Waals surface area contributed by atoms with Crippen molar-refractivity contribution in [1.82, 2.24) is 0 Å². The Morgan fingerprint density at radius 2 is 0.981 bits per heavy atom. The summed E-state index contributed by atoms with van der Waals surface area (Å²) in [4.78, 5) is 2.38. The van der Waals surface area contributed by atoms with Crippen LogP contribution in [0.5, 0.6) is 0 Å². The van der Waals surface area contributed by atoms with Crippen molar-refractivity contribution in [3.8, 4) is 0 Å². The highest BCUT2D eigenvalue weighted by Gasteiger charge is 2.51. The molecule has 4 heteroatoms. The summed E-state index contributed by atoms with van der Waals surface area (Å²) in [6, 6.07) is 56.2. The van der Waals surface area contributed by atoms with E-state index in [2.05, 4.69) is 187 Å². The van der Waals surface area contributed by atoms with E-state index in [1.807, 2.05) is 12.1 Å². The van der Waals surface area contributed by atoms with Crippen molar-refractivity contribution >= 4 is 40.3 Å². The van der Waals surface area contributed by atoms with E-state index in [1.165, 1.54) is 56.2 Å². The molecule has 2 heterocycles. The number of hydrogen-bond donors (Lipinski definition) is 0. The molecule has 6 aromatic carbocycles. The molecule has 0 aliphatic carbocycles. The zero-order chi connectivity index (χ0) is 36.4. The number of halogens is 2. The van der Waals surface area contributed by atoms with Gasteiger partial charge >= 0.3 is 0 Å². The summed E-state index contributed by atoms with van der Waals surface area (Å²) < 4.78 is 2.38. The van der Waals surface area contributed by atoms with Gasteiger partial charge in [0.05, 0.1) is 5.41 Å². The maximum atomic E-state index is 6.81. The zero-order valence-electron chi connectivity index (χ0n) is 30.2. The molecule has 0 amide bonds. The maximum absolute atomic E-state index is 6.81. The molecule has 0 bridgehead atoms. The minimum atomic E-state index is -0.351. The van der Waals surface area contributed by atoms with Gasteiger partial charge in [-0.2, -0.15) is 4.58 Å². The quantitative estimate of drug-likeness (QED) is 0.127. The lowest BCUT2D eigenvalue weighted by Crippen LogP contribution is -2.39. The highest BCUT2D eigenvalue weighted by Crippen LogP contribution is 2.52. The zero-order valence-corrected chi connectivity index (χ0v) is 31.7. The molecule has 0 atom stereocenters. The number of fused-ring (bicyclic) bond motifs is 2. The van der Waals surface area contributed by atoms with Gasteiger partial charge in [-0.15, -0.1) is 0 Å². The van der Waals surface area contributed by atoms with Crippen LogP contribution in [0.1, 0.15) is 33.4 Å². The van der Waals surface area contributed by atoms with E-state index in [9.17, 15) is 0 Å². The summed E-state index contributed by atoms with van der Waals surface area (Å²) in [6.45, 7) is 0. The monoisotopic (exact) mass is 729 g/mol. The third kappa shape index (κ3) is 6.67. The van der Waals surface area contributed by atoms with Gasteiger partial charge in [-0.25, -0.2) is 0 Å². The first-order chi connectivity index (χ1) is 25.9. The summed E-state index contributed by atoms with van der Waals surface area (Å²) in [6.07, 6.45) is 10.4. The molecule has 0 fully saturated rings. The van der Waals surface area contributed by atoms with Crippen molar-refractivity contribution in [2.75, 3.05) is 19.0 Å². The van der Waals surface area contributed by atoms with E-state index in [-0.39, 0.29) is 10.8 Å². The summed E-state index contributed by atoms with van der Waals surface area (Å²) in [7, 11) is 4.40. The molecular formula is C49H43Cl2N2+. The second-order valence-electron chi connectivity index (χ2n) is 14.6. The number of hydrogen-bond acceptors (Lipinski definition) is 1. The predicted octanol–water partition coefficient (Wildman–Crippen LogP) is 11.8. The SMILES string of the molecule is CN1/C(=C/C=C/C2=[N+](C)c3ccc(Cl)cc3C2(Cc2ccccc2)Cc2ccccc2)C(Cc2ccccc2)(Cc2ccccc2)c2cc(Cl)ccc21. The van der Waals surface area contributed by atoms with Crippen molar-refractivity contribution in [1.29, 1.82) is 0 Å². The van der Waals surface area contributed by atoms with Crippen LogP contribution >= 0.6 is 23.2 Å². The fraction of sp³-hybridized carbons (Fsp3) is 0.163. The first-order valence-corrected chi connectivity index (χ1v) is 19.1. The van der Waals surface area contributed by atoms with Gasteiger partial charge in [-0.1, -0.05) is 151 Å². The molecule has 2 aliphatic rings. The standard InChI is InChI=1S/C49H43Cl2N2/c1-52-44-28-26-40(50)30-42(44)48(32-36-16-7-3-8-17-36,33-37-18-9-4-10-19-37)46(52)24-15-25-47-49(34-38-20-11-5-12-21-38,35-39-22-13-6-14-23-39)43-31-41(51)27-29-45(43)53(47)2/h3-31H,32-35H2,1-2H3/q+1. The molecular weight excluding hydrogens is 687 g/mol. The van der Waals surface area contributed by atoms with Crippen molar-refractivity contribution in [3.63, 3.8) is 0 Å². The van der Waals surface area contributed by atoms with Gasteiger partial charge in [0.15, 0.2) is 5.71 Å². The van der Waals surface area contributed by atoms with E-state index in [0.29, 0.717) is 0 Å². The number of benzene rings is 6. The highest BCUT2D eigenvalue weighted by molar-refractivity contribution is 6.31. The highest BCUT2D eigenvalue weighted by atomic mass is 35.5. The fourth-order valence-corrected chi connectivity index (χ4v) is 9.31. The summed E-state index contributed by atoms with van der Waals surface area (Å²) in [5, 5.41) is 1.51. The Balaban J connectivity index is 1.30. The second-order valence-corrected chi connectivity index (χ2v) is 15.4. The molecule has 8 rings (SSSR count). The predicted molar refractivity (Wildman–Crippen MR) is 223 cm³/mol. The molecule has 0 unspecified atom stereocenters. The molecule has 0 radical (unpaired) electrons. The number of allylic oxidation sites excluding steroid dienone is 4. The van der Waals surface area contributed by atoms with Crippen molar-refractivity contribution < 1.29 is 4.58 Å². The van der Waals surface area contributed by atoms with Crippen LogP contribution in [-0.4, -0.2) is 24.4 Å². The third-order valence-corrected chi connectivity index (χ3v) is 11.7. The van der Waals surface area contributed by atoms with Crippen LogP contribution in [0.15, 0.2) is 182 Å². The Morgan fingerprint density at radius 3 is 1.47 bits per heavy atom. The van der Waals surface area contributed by atoms with Gasteiger partial charge < -0.3 is 4.90 Å². The van der Waals surface area contributed by atoms with Gasteiger partial charge in [-0.05, 0) is 89.9 Å². The van der Waals surface area contributed by atoms with Crippen molar-refractivity contribution in [2.24, 2.45) is 0 Å². The molecule has 2 nitrogen and oxygen atoms in total. The number of likely N-dealkylation sites (N-methyl/N-ethyl adjacent to an activating group) is 1. The van der Waals surface area contributed by atoms with Crippen LogP contribution < -0.4 is 4.90 Å². The molecule has 53 heavy (non-hydrogen) atoms. The first-order valence-electron chi connectivity index (χ1n) is 18.4. The number of anilines is 1. The molecule has 0 aromatic heterocycles. The van der Waals surface area contributed by atoms with Crippen LogP contribution in [0, 0.1) is 0 Å². The Bertz CT molecular complexity index is 2240. The van der Waals surface area contributed by atoms with Crippen LogP contribution in [0.4, 0.5) is 11.4 Å². The minimum absolute atomic E-state index is 0.351. The minimum Gasteiger partial charge on any atom is -0.347 e. The summed E-state index contributed by atoms with van der Waals surface area (Å²) in [5.41, 5.74) is 11.9. The molecule has 0 spiro atoms. The summed E-state index contributed by atoms with van der Waals surface area (Å²) >= 11 is 13.6. The topological polar surface area (TPSA) is 6.25 Å². The van der Waals surface area contributed by atoms with E-state index in [0.717, 1.165) is 35.7 Å². The molecule has 262 valence electrons. The van der Waals surface area contributed by atoms with Crippen LogP contribution in [0.2, 0.25) is 10.0 Å². The smallest absolute Gasteiger partial charge is 0.209 e. The lowest BCUT2D eigenvalue weighted by atomic mass is 9.69. The number of rotatable bonds is 10. The van der Waals surface area contributed by atoms with Gasteiger partial charge in [0, 0.05) is 51.6 Å². The van der Waals surface area contributed by atoms with Crippen molar-refractivity contribution in [3.05, 3.63) is 225 Å². The number of nitrogens with zero attached hydrogens (tertiary/aromatic N) is 2. The average molecular weight is 731 g/mol. The molecule has 0 saturated heterocycles. The molecule has 2 aliphatic heterocycles. The largest absolute Gasteiger partial charge is 0.347 e. The van der Waals surface area contributed by atoms with Crippen LogP contribution in [-0.2, 0) is 36.5 Å². The second kappa shape index (κ2) is 14.7. The Labute approximate surface area is 324 Å². The Kier molecular flexibility index (Phi) is 9.68. The van der Waals surface area contributed by atoms with E-state index in [4.69, 9.17) is 23.2 Å². The molecule has 0 N–H and O–H groups in total. The normalized spacial score (nSPS) is 16.4. The van der Waals surface area contributed by atoms with E-state index >= 15 is 0 Å². The molecule has 0 saturated carbocycles. The Hall–Kier alpha value is -5.15.